The summed E-state index contributed by atoms with van der Waals surface area (Å²) in [5.41, 5.74) is 2.24. The Balaban J connectivity index is 1.45. The summed E-state index contributed by atoms with van der Waals surface area (Å²) >= 11 is 0. The van der Waals surface area contributed by atoms with Gasteiger partial charge in [0.25, 0.3) is 0 Å². The summed E-state index contributed by atoms with van der Waals surface area (Å²) in [5, 5.41) is 0. The van der Waals surface area contributed by atoms with Crippen molar-refractivity contribution in [2.45, 2.75) is 36.6 Å². The highest BCUT2D eigenvalue weighted by Crippen LogP contribution is 2.23. The zero-order valence-corrected chi connectivity index (χ0v) is 19.5. The van der Waals surface area contributed by atoms with Crippen molar-refractivity contribution in [2.24, 2.45) is 5.92 Å². The lowest BCUT2D eigenvalue weighted by atomic mass is 9.90. The van der Waals surface area contributed by atoms with Crippen molar-refractivity contribution >= 4 is 15.9 Å². The number of sulfonamides is 1. The van der Waals surface area contributed by atoms with Crippen molar-refractivity contribution < 1.29 is 13.2 Å². The highest BCUT2D eigenvalue weighted by Gasteiger charge is 2.31. The number of nitrogens with one attached hydrogen (secondary N) is 1. The number of nitrogens with zero attached hydrogens (tertiary/aromatic N) is 1. The van der Waals surface area contributed by atoms with Crippen LogP contribution in [0.1, 0.15) is 24.0 Å². The van der Waals surface area contributed by atoms with Crippen LogP contribution >= 0.6 is 0 Å². The Kier molecular flexibility index (Phi) is 7.57. The van der Waals surface area contributed by atoms with E-state index in [0.29, 0.717) is 25.4 Å². The van der Waals surface area contributed by atoms with E-state index in [0.717, 1.165) is 24.8 Å². The van der Waals surface area contributed by atoms with Gasteiger partial charge in [0.1, 0.15) is 6.04 Å². The second kappa shape index (κ2) is 10.8. The average molecular weight is 463 g/mol. The zero-order valence-electron chi connectivity index (χ0n) is 18.6. The van der Waals surface area contributed by atoms with Crippen molar-refractivity contribution in [2.75, 3.05) is 13.1 Å². The van der Waals surface area contributed by atoms with Crippen LogP contribution < -0.4 is 4.72 Å². The van der Waals surface area contributed by atoms with Crippen molar-refractivity contribution in [3.8, 4) is 0 Å². The smallest absolute Gasteiger partial charge is 0.241 e. The Bertz CT molecular complexity index is 1130. The Hall–Kier alpha value is -2.96. The van der Waals surface area contributed by atoms with Crippen LogP contribution in [0.5, 0.6) is 0 Å². The van der Waals surface area contributed by atoms with Gasteiger partial charge in [0.05, 0.1) is 4.90 Å². The molecule has 3 aromatic rings. The van der Waals surface area contributed by atoms with Crippen LogP contribution in [-0.2, 0) is 27.7 Å². The van der Waals surface area contributed by atoms with Gasteiger partial charge in [0, 0.05) is 13.1 Å². The number of hydrogen-bond donors (Lipinski definition) is 1. The van der Waals surface area contributed by atoms with Crippen LogP contribution in [0.2, 0.25) is 0 Å². The van der Waals surface area contributed by atoms with Crippen LogP contribution in [-0.4, -0.2) is 38.4 Å². The molecule has 3 aromatic carbocycles. The lowest BCUT2D eigenvalue weighted by Gasteiger charge is -2.34. The number of benzene rings is 3. The molecule has 1 aliphatic heterocycles. The summed E-state index contributed by atoms with van der Waals surface area (Å²) < 4.78 is 28.7. The maximum Gasteiger partial charge on any atom is 0.241 e. The van der Waals surface area contributed by atoms with E-state index in [2.05, 4.69) is 29.0 Å². The first-order valence-corrected chi connectivity index (χ1v) is 12.9. The highest BCUT2D eigenvalue weighted by atomic mass is 32.2. The number of hydrogen-bond acceptors (Lipinski definition) is 3. The minimum atomic E-state index is -3.81. The van der Waals surface area contributed by atoms with Crippen molar-refractivity contribution in [1.29, 1.82) is 0 Å². The first-order valence-electron chi connectivity index (χ1n) is 11.5. The van der Waals surface area contributed by atoms with Gasteiger partial charge in [0.15, 0.2) is 0 Å². The van der Waals surface area contributed by atoms with E-state index < -0.39 is 16.1 Å². The molecule has 0 unspecified atom stereocenters. The molecular formula is C27H30N2O3S. The van der Waals surface area contributed by atoms with Gasteiger partial charge in [-0.2, -0.15) is 4.72 Å². The largest absolute Gasteiger partial charge is 0.341 e. The van der Waals surface area contributed by atoms with Crippen molar-refractivity contribution in [3.63, 3.8) is 0 Å². The number of carbonyl (C=O) groups excluding carboxylic acids is 1. The quantitative estimate of drug-likeness (QED) is 0.549. The monoisotopic (exact) mass is 462 g/mol. The first-order chi connectivity index (χ1) is 16.0. The molecule has 0 bridgehead atoms. The SMILES string of the molecule is O=C([C@@H](Cc1ccccc1)NS(=O)(=O)c1ccccc1)N1CCC(Cc2ccccc2)CC1. The lowest BCUT2D eigenvalue weighted by molar-refractivity contribution is -0.134. The summed E-state index contributed by atoms with van der Waals surface area (Å²) in [6, 6.07) is 27.3. The maximum atomic E-state index is 13.5. The molecule has 1 atom stereocenters. The number of likely N-dealkylation sites (tertiary alicyclic amines) is 1. The molecule has 4 rings (SSSR count). The van der Waals surface area contributed by atoms with Crippen LogP contribution in [0.4, 0.5) is 0 Å². The summed E-state index contributed by atoms with van der Waals surface area (Å²) in [6.07, 6.45) is 3.17. The van der Waals surface area contributed by atoms with Gasteiger partial charge >= 0.3 is 0 Å². The highest BCUT2D eigenvalue weighted by molar-refractivity contribution is 7.89. The summed E-state index contributed by atoms with van der Waals surface area (Å²) in [5.74, 6) is 0.376. The lowest BCUT2D eigenvalue weighted by Crippen LogP contribution is -2.51. The predicted molar refractivity (Wildman–Crippen MR) is 130 cm³/mol. The van der Waals surface area contributed by atoms with Gasteiger partial charge in [-0.3, -0.25) is 4.79 Å². The third kappa shape index (κ3) is 6.30. The summed E-state index contributed by atoms with van der Waals surface area (Å²) in [6.45, 7) is 1.30. The summed E-state index contributed by atoms with van der Waals surface area (Å²) in [4.78, 5) is 15.5. The molecule has 1 fully saturated rings. The van der Waals surface area contributed by atoms with Crippen molar-refractivity contribution in [3.05, 3.63) is 102 Å². The van der Waals surface area contributed by atoms with E-state index in [1.165, 1.54) is 5.56 Å². The van der Waals surface area contributed by atoms with Gasteiger partial charge in [0.2, 0.25) is 15.9 Å². The third-order valence-corrected chi connectivity index (χ3v) is 7.71. The second-order valence-corrected chi connectivity index (χ2v) is 10.3. The van der Waals surface area contributed by atoms with Crippen LogP contribution in [0.3, 0.4) is 0 Å². The predicted octanol–water partition coefficient (Wildman–Crippen LogP) is 4.06. The fourth-order valence-electron chi connectivity index (χ4n) is 4.41. The van der Waals surface area contributed by atoms with E-state index in [9.17, 15) is 13.2 Å². The normalized spacial score (nSPS) is 15.8. The second-order valence-electron chi connectivity index (χ2n) is 8.64. The molecule has 0 aliphatic carbocycles. The molecule has 6 heteroatoms. The molecule has 1 saturated heterocycles. The van der Waals surface area contributed by atoms with Crippen LogP contribution in [0, 0.1) is 5.92 Å². The molecule has 1 amide bonds. The molecule has 1 aliphatic rings. The van der Waals surface area contributed by atoms with Crippen molar-refractivity contribution in [1.82, 2.24) is 9.62 Å². The number of rotatable bonds is 8. The molecule has 0 saturated carbocycles. The topological polar surface area (TPSA) is 66.5 Å². The number of piperidine rings is 1. The standard InChI is InChI=1S/C27H30N2O3S/c30-27(29-18-16-24(17-19-29)20-22-10-4-1-5-11-22)26(21-23-12-6-2-7-13-23)28-33(31,32)25-14-8-3-9-15-25/h1-15,24,26,28H,16-21H2/t26-/m1/s1. The van der Waals surface area contributed by atoms with Gasteiger partial charge < -0.3 is 4.90 Å². The molecular weight excluding hydrogens is 432 g/mol. The van der Waals surface area contributed by atoms with Crippen LogP contribution in [0.15, 0.2) is 95.9 Å². The molecule has 0 aromatic heterocycles. The number of carbonyl (C=O) groups is 1. The van der Waals surface area contributed by atoms with E-state index in [1.807, 2.05) is 41.3 Å². The van der Waals surface area contributed by atoms with Gasteiger partial charge in [-0.1, -0.05) is 78.9 Å². The Labute approximate surface area is 196 Å². The van der Waals surface area contributed by atoms with Gasteiger partial charge in [-0.15, -0.1) is 0 Å². The van der Waals surface area contributed by atoms with E-state index in [1.54, 1.807) is 30.3 Å². The molecule has 0 radical (unpaired) electrons. The third-order valence-electron chi connectivity index (χ3n) is 6.23. The molecule has 1 heterocycles. The van der Waals surface area contributed by atoms with E-state index in [4.69, 9.17) is 0 Å². The Morgan fingerprint density at radius 1 is 0.818 bits per heavy atom. The zero-order chi connectivity index (χ0) is 23.1. The Morgan fingerprint density at radius 2 is 1.33 bits per heavy atom. The molecule has 33 heavy (non-hydrogen) atoms. The molecule has 5 nitrogen and oxygen atoms in total. The first kappa shape index (κ1) is 23.2. The van der Waals surface area contributed by atoms with E-state index in [-0.39, 0.29) is 10.8 Å². The Morgan fingerprint density at radius 3 is 1.91 bits per heavy atom. The molecule has 0 spiro atoms. The maximum absolute atomic E-state index is 13.5. The minimum absolute atomic E-state index is 0.156. The van der Waals surface area contributed by atoms with Gasteiger partial charge in [-0.05, 0) is 54.9 Å². The number of amides is 1. The minimum Gasteiger partial charge on any atom is -0.341 e. The van der Waals surface area contributed by atoms with Crippen LogP contribution in [0.25, 0.3) is 0 Å². The molecule has 172 valence electrons. The average Bonchev–Trinajstić information content (AvgIpc) is 2.85. The summed E-state index contributed by atoms with van der Waals surface area (Å²) in [7, 11) is -3.81. The van der Waals surface area contributed by atoms with E-state index >= 15 is 0 Å². The molecule has 1 N–H and O–H groups in total. The fraction of sp³-hybridized carbons (Fsp3) is 0.296. The van der Waals surface area contributed by atoms with Gasteiger partial charge in [-0.25, -0.2) is 8.42 Å². The fourth-order valence-corrected chi connectivity index (χ4v) is 5.62.